The first-order chi connectivity index (χ1) is 11.9. The fourth-order valence-corrected chi connectivity index (χ4v) is 5.66. The molecule has 0 spiro atoms. The predicted molar refractivity (Wildman–Crippen MR) is 97.2 cm³/mol. The van der Waals surface area contributed by atoms with Gasteiger partial charge in [-0.3, -0.25) is 9.89 Å². The van der Waals surface area contributed by atoms with E-state index >= 15 is 0 Å². The molecule has 0 radical (unpaired) electrons. The Labute approximate surface area is 151 Å². The zero-order valence-corrected chi connectivity index (χ0v) is 15.9. The number of carbonyl (C=O) groups excluding carboxylic acids is 1. The number of aromatic nitrogens is 2. The van der Waals surface area contributed by atoms with Crippen molar-refractivity contribution < 1.29 is 13.2 Å². The fourth-order valence-electron chi connectivity index (χ4n) is 2.89. The molecule has 1 fully saturated rings. The lowest BCUT2D eigenvalue weighted by molar-refractivity contribution is -0.120. The van der Waals surface area contributed by atoms with Gasteiger partial charge in [-0.25, -0.2) is 8.42 Å². The van der Waals surface area contributed by atoms with E-state index < -0.39 is 16.1 Å². The second-order valence-electron chi connectivity index (χ2n) is 6.41. The Kier molecular flexibility index (Phi) is 5.26. The third-order valence-electron chi connectivity index (χ3n) is 4.29. The summed E-state index contributed by atoms with van der Waals surface area (Å²) in [6, 6.07) is 4.35. The number of H-pyrrole nitrogens is 1. The number of thiophene rings is 1. The number of nitrogens with one attached hydrogen (secondary N) is 2. The van der Waals surface area contributed by atoms with Gasteiger partial charge in [0.05, 0.1) is 0 Å². The van der Waals surface area contributed by atoms with Crippen LogP contribution in [0.5, 0.6) is 0 Å². The molecule has 1 amide bonds. The summed E-state index contributed by atoms with van der Waals surface area (Å²) in [5.41, 5.74) is 0.919. The van der Waals surface area contributed by atoms with Crippen LogP contribution in [0.1, 0.15) is 44.7 Å². The molecule has 0 aromatic carbocycles. The van der Waals surface area contributed by atoms with Crippen LogP contribution in [0.4, 0.5) is 5.82 Å². The monoisotopic (exact) mass is 382 g/mol. The Bertz CT molecular complexity index is 827. The molecule has 3 rings (SSSR count). The molecule has 3 heterocycles. The summed E-state index contributed by atoms with van der Waals surface area (Å²) < 4.78 is 27.3. The first-order valence-corrected chi connectivity index (χ1v) is 10.6. The predicted octanol–water partition coefficient (Wildman–Crippen LogP) is 2.78. The molecule has 2 aromatic rings. The van der Waals surface area contributed by atoms with E-state index in [1.54, 1.807) is 23.6 Å². The first-order valence-electron chi connectivity index (χ1n) is 8.31. The molecular formula is C16H22N4O3S2. The van der Waals surface area contributed by atoms with Gasteiger partial charge in [0, 0.05) is 18.3 Å². The molecule has 0 saturated carbocycles. The summed E-state index contributed by atoms with van der Waals surface area (Å²) in [5, 5.41) is 11.4. The van der Waals surface area contributed by atoms with E-state index in [9.17, 15) is 13.2 Å². The molecular weight excluding hydrogens is 360 g/mol. The Morgan fingerprint density at radius 2 is 2.24 bits per heavy atom. The highest BCUT2D eigenvalue weighted by Crippen LogP contribution is 2.28. The largest absolute Gasteiger partial charge is 0.308 e. The number of carbonyl (C=O) groups is 1. The lowest BCUT2D eigenvalue weighted by Gasteiger charge is -2.33. The van der Waals surface area contributed by atoms with Crippen LogP contribution in [0.3, 0.4) is 0 Å². The maximum absolute atomic E-state index is 12.8. The van der Waals surface area contributed by atoms with E-state index in [1.165, 1.54) is 15.6 Å². The summed E-state index contributed by atoms with van der Waals surface area (Å²) in [5.74, 6) is 0.359. The number of sulfonamides is 1. The molecule has 2 N–H and O–H groups in total. The molecule has 2 aromatic heterocycles. The molecule has 1 unspecified atom stereocenters. The number of nitrogens with zero attached hydrogens (tertiary/aromatic N) is 2. The second-order valence-corrected chi connectivity index (χ2v) is 9.48. The Hall–Kier alpha value is -1.71. The topological polar surface area (TPSA) is 95.2 Å². The molecule has 1 saturated heterocycles. The quantitative estimate of drug-likeness (QED) is 0.831. The normalized spacial score (nSPS) is 19.2. The van der Waals surface area contributed by atoms with Gasteiger partial charge in [-0.1, -0.05) is 26.3 Å². The minimum absolute atomic E-state index is 0.267. The number of hydrogen-bond donors (Lipinski definition) is 2. The number of aromatic amines is 1. The summed E-state index contributed by atoms with van der Waals surface area (Å²) in [7, 11) is -3.65. The average Bonchev–Trinajstić information content (AvgIpc) is 3.27. The van der Waals surface area contributed by atoms with Crippen LogP contribution in [0, 0.1) is 0 Å². The van der Waals surface area contributed by atoms with Crippen LogP contribution in [0.15, 0.2) is 27.8 Å². The molecule has 0 aliphatic carbocycles. The number of anilines is 1. The van der Waals surface area contributed by atoms with Crippen molar-refractivity contribution in [3.63, 3.8) is 0 Å². The van der Waals surface area contributed by atoms with Crippen molar-refractivity contribution in [1.82, 2.24) is 14.5 Å². The maximum atomic E-state index is 12.8. The van der Waals surface area contributed by atoms with Crippen molar-refractivity contribution >= 4 is 33.1 Å². The van der Waals surface area contributed by atoms with Gasteiger partial charge in [-0.15, -0.1) is 11.3 Å². The van der Waals surface area contributed by atoms with Crippen molar-refractivity contribution in [2.45, 2.75) is 49.3 Å². The van der Waals surface area contributed by atoms with Crippen LogP contribution < -0.4 is 5.32 Å². The van der Waals surface area contributed by atoms with Crippen molar-refractivity contribution in [2.75, 3.05) is 11.9 Å². The number of amides is 1. The van der Waals surface area contributed by atoms with Gasteiger partial charge in [0.25, 0.3) is 10.0 Å². The molecule has 9 heteroatoms. The Balaban J connectivity index is 1.79. The molecule has 0 bridgehead atoms. The van der Waals surface area contributed by atoms with Crippen molar-refractivity contribution in [1.29, 1.82) is 0 Å². The SMILES string of the molecule is CC(C)c1cc(NC(=O)C2CCCCN2S(=O)(=O)c2cccs2)n[nH]1. The highest BCUT2D eigenvalue weighted by Gasteiger charge is 2.38. The van der Waals surface area contributed by atoms with E-state index in [1.807, 2.05) is 13.8 Å². The van der Waals surface area contributed by atoms with Crippen LogP contribution in [-0.2, 0) is 14.8 Å². The summed E-state index contributed by atoms with van der Waals surface area (Å²) in [4.78, 5) is 12.7. The minimum atomic E-state index is -3.65. The second kappa shape index (κ2) is 7.27. The highest BCUT2D eigenvalue weighted by atomic mass is 32.2. The number of rotatable bonds is 5. The van der Waals surface area contributed by atoms with Crippen molar-refractivity contribution in [2.24, 2.45) is 0 Å². The lowest BCUT2D eigenvalue weighted by atomic mass is 10.0. The van der Waals surface area contributed by atoms with Crippen LogP contribution in [-0.4, -0.2) is 41.4 Å². The van der Waals surface area contributed by atoms with E-state index in [-0.39, 0.29) is 16.0 Å². The van der Waals surface area contributed by atoms with E-state index in [4.69, 9.17) is 0 Å². The Morgan fingerprint density at radius 3 is 2.88 bits per heavy atom. The minimum Gasteiger partial charge on any atom is -0.308 e. The third-order valence-corrected chi connectivity index (χ3v) is 7.57. The van der Waals surface area contributed by atoms with Crippen molar-refractivity contribution in [3.8, 4) is 0 Å². The standard InChI is InChI=1S/C16H22N4O3S2/c1-11(2)12-10-14(19-18-12)17-16(21)13-6-3-4-8-20(13)25(22,23)15-7-5-9-24-15/h5,7,9-11,13H,3-4,6,8H2,1-2H3,(H2,17,18,19,21). The molecule has 1 atom stereocenters. The smallest absolute Gasteiger partial charge is 0.253 e. The molecule has 1 aliphatic heterocycles. The molecule has 7 nitrogen and oxygen atoms in total. The van der Waals surface area contributed by atoms with E-state index in [0.29, 0.717) is 18.8 Å². The van der Waals surface area contributed by atoms with Crippen LogP contribution >= 0.6 is 11.3 Å². The molecule has 1 aliphatic rings. The maximum Gasteiger partial charge on any atom is 0.253 e. The van der Waals surface area contributed by atoms with Crippen molar-refractivity contribution in [3.05, 3.63) is 29.3 Å². The van der Waals surface area contributed by atoms with Gasteiger partial charge in [-0.2, -0.15) is 9.40 Å². The Morgan fingerprint density at radius 1 is 1.44 bits per heavy atom. The van der Waals surface area contributed by atoms with Gasteiger partial charge >= 0.3 is 0 Å². The van der Waals surface area contributed by atoms with E-state index in [2.05, 4.69) is 15.5 Å². The van der Waals surface area contributed by atoms with Gasteiger partial charge in [0.15, 0.2) is 5.82 Å². The van der Waals surface area contributed by atoms with Crippen LogP contribution in [0.25, 0.3) is 0 Å². The average molecular weight is 383 g/mol. The zero-order chi connectivity index (χ0) is 18.0. The summed E-state index contributed by atoms with van der Waals surface area (Å²) in [6.07, 6.45) is 2.10. The zero-order valence-electron chi connectivity index (χ0n) is 14.2. The lowest BCUT2D eigenvalue weighted by Crippen LogP contribution is -2.49. The van der Waals surface area contributed by atoms with Gasteiger partial charge < -0.3 is 5.32 Å². The summed E-state index contributed by atoms with van der Waals surface area (Å²) >= 11 is 1.17. The number of piperidine rings is 1. The van der Waals surface area contributed by atoms with Gasteiger partial charge in [0.1, 0.15) is 10.3 Å². The highest BCUT2D eigenvalue weighted by molar-refractivity contribution is 7.91. The van der Waals surface area contributed by atoms with Gasteiger partial charge in [0.2, 0.25) is 5.91 Å². The van der Waals surface area contributed by atoms with E-state index in [0.717, 1.165) is 18.5 Å². The van der Waals surface area contributed by atoms with Gasteiger partial charge in [-0.05, 0) is 30.2 Å². The fraction of sp³-hybridized carbons (Fsp3) is 0.500. The van der Waals surface area contributed by atoms with Crippen LogP contribution in [0.2, 0.25) is 0 Å². The third kappa shape index (κ3) is 3.78. The molecule has 136 valence electrons. The summed E-state index contributed by atoms with van der Waals surface area (Å²) in [6.45, 7) is 4.40. The number of hydrogen-bond acceptors (Lipinski definition) is 5. The first kappa shape index (κ1) is 18.1. The molecule has 25 heavy (non-hydrogen) atoms.